The molecule has 0 aliphatic carbocycles. The molecule has 6 nitrogen and oxygen atoms in total. The van der Waals surface area contributed by atoms with Gasteiger partial charge in [-0.3, -0.25) is 14.5 Å². The summed E-state index contributed by atoms with van der Waals surface area (Å²) in [6, 6.07) is 7.41. The number of ether oxygens (including phenoxy) is 1. The van der Waals surface area contributed by atoms with Gasteiger partial charge >= 0.3 is 0 Å². The van der Waals surface area contributed by atoms with Crippen molar-refractivity contribution < 1.29 is 14.3 Å². The van der Waals surface area contributed by atoms with Gasteiger partial charge in [-0.05, 0) is 30.5 Å². The van der Waals surface area contributed by atoms with Crippen molar-refractivity contribution in [3.8, 4) is 0 Å². The lowest BCUT2D eigenvalue weighted by Crippen LogP contribution is -2.48. The van der Waals surface area contributed by atoms with Crippen LogP contribution in [-0.2, 0) is 16.1 Å². The van der Waals surface area contributed by atoms with Gasteiger partial charge in [-0.15, -0.1) is 0 Å². The van der Waals surface area contributed by atoms with Crippen molar-refractivity contribution in [1.29, 1.82) is 0 Å². The molecule has 0 aromatic heterocycles. The maximum Gasteiger partial charge on any atom is 0.248 e. The lowest BCUT2D eigenvalue weighted by atomic mass is 10.1. The van der Waals surface area contributed by atoms with Gasteiger partial charge in [-0.1, -0.05) is 12.1 Å². The fraction of sp³-hybridized carbons (Fsp3) is 0.556. The Bertz CT molecular complexity index is 576. The number of nitrogens with zero attached hydrogens (tertiary/aromatic N) is 2. The second kappa shape index (κ2) is 7.77. The SMILES string of the molecule is NC(=O)c1ccc(CN2CCN(C(=O)CCC3CCO3)CC2)cc1. The molecule has 130 valence electrons. The largest absolute Gasteiger partial charge is 0.378 e. The third-order valence-electron chi connectivity index (χ3n) is 4.84. The molecule has 1 aromatic carbocycles. The molecule has 1 atom stereocenters. The van der Waals surface area contributed by atoms with Crippen LogP contribution in [0, 0.1) is 0 Å². The zero-order valence-electron chi connectivity index (χ0n) is 13.9. The molecule has 2 amide bonds. The topological polar surface area (TPSA) is 75.9 Å². The van der Waals surface area contributed by atoms with Gasteiger partial charge < -0.3 is 15.4 Å². The van der Waals surface area contributed by atoms with E-state index in [1.54, 1.807) is 12.1 Å². The first-order valence-corrected chi connectivity index (χ1v) is 8.62. The Balaban J connectivity index is 1.41. The van der Waals surface area contributed by atoms with E-state index < -0.39 is 5.91 Å². The third-order valence-corrected chi connectivity index (χ3v) is 4.84. The van der Waals surface area contributed by atoms with Crippen LogP contribution in [0.2, 0.25) is 0 Å². The van der Waals surface area contributed by atoms with Crippen LogP contribution >= 0.6 is 0 Å². The van der Waals surface area contributed by atoms with Crippen LogP contribution in [0.15, 0.2) is 24.3 Å². The minimum absolute atomic E-state index is 0.246. The molecule has 1 aromatic rings. The first kappa shape index (κ1) is 16.9. The van der Waals surface area contributed by atoms with E-state index >= 15 is 0 Å². The molecule has 2 fully saturated rings. The molecule has 0 spiro atoms. The Labute approximate surface area is 142 Å². The summed E-state index contributed by atoms with van der Waals surface area (Å²) in [5.74, 6) is -0.156. The minimum atomic E-state index is -0.402. The maximum absolute atomic E-state index is 12.2. The molecule has 2 heterocycles. The summed E-state index contributed by atoms with van der Waals surface area (Å²) in [5, 5.41) is 0. The van der Waals surface area contributed by atoms with Crippen LogP contribution in [0.1, 0.15) is 35.2 Å². The zero-order valence-corrected chi connectivity index (χ0v) is 13.9. The molecule has 2 N–H and O–H groups in total. The van der Waals surface area contributed by atoms with Crippen molar-refractivity contribution in [2.45, 2.75) is 31.9 Å². The molecular weight excluding hydrogens is 306 g/mol. The fourth-order valence-corrected chi connectivity index (χ4v) is 3.14. The summed E-state index contributed by atoms with van der Waals surface area (Å²) in [7, 11) is 0. The summed E-state index contributed by atoms with van der Waals surface area (Å²) in [4.78, 5) is 27.6. The van der Waals surface area contributed by atoms with Gasteiger partial charge in [0.05, 0.1) is 6.10 Å². The second-order valence-corrected chi connectivity index (χ2v) is 6.54. The van der Waals surface area contributed by atoms with E-state index in [0.29, 0.717) is 18.1 Å². The standard InChI is InChI=1S/C18H25N3O3/c19-18(23)15-3-1-14(2-4-15)13-20-8-10-21(11-9-20)17(22)6-5-16-7-12-24-16/h1-4,16H,5-13H2,(H2,19,23). The zero-order chi connectivity index (χ0) is 16.9. The second-order valence-electron chi connectivity index (χ2n) is 6.54. The average Bonchev–Trinajstić information content (AvgIpc) is 2.54. The van der Waals surface area contributed by atoms with Gasteiger partial charge in [0.1, 0.15) is 0 Å². The minimum Gasteiger partial charge on any atom is -0.378 e. The fourth-order valence-electron chi connectivity index (χ4n) is 3.14. The highest BCUT2D eigenvalue weighted by Gasteiger charge is 2.24. The predicted molar refractivity (Wildman–Crippen MR) is 90.4 cm³/mol. The van der Waals surface area contributed by atoms with Crippen molar-refractivity contribution >= 4 is 11.8 Å². The summed E-state index contributed by atoms with van der Waals surface area (Å²) >= 11 is 0. The van der Waals surface area contributed by atoms with E-state index in [-0.39, 0.29) is 5.91 Å². The van der Waals surface area contributed by atoms with Crippen LogP contribution < -0.4 is 5.73 Å². The molecule has 1 unspecified atom stereocenters. The quantitative estimate of drug-likeness (QED) is 0.844. The summed E-state index contributed by atoms with van der Waals surface area (Å²) in [5.41, 5.74) is 6.94. The number of rotatable bonds is 6. The highest BCUT2D eigenvalue weighted by molar-refractivity contribution is 5.92. The number of piperazine rings is 1. The summed E-state index contributed by atoms with van der Waals surface area (Å²) in [6.07, 6.45) is 2.85. The number of hydrogen-bond donors (Lipinski definition) is 1. The van der Waals surface area contributed by atoms with Gasteiger partial charge in [0.2, 0.25) is 11.8 Å². The maximum atomic E-state index is 12.2. The molecule has 24 heavy (non-hydrogen) atoms. The van der Waals surface area contributed by atoms with E-state index in [1.165, 1.54) is 0 Å². The number of hydrogen-bond acceptors (Lipinski definition) is 4. The summed E-state index contributed by atoms with van der Waals surface area (Å²) in [6.45, 7) is 4.99. The lowest BCUT2D eigenvalue weighted by molar-refractivity contribution is -0.135. The smallest absolute Gasteiger partial charge is 0.248 e. The lowest BCUT2D eigenvalue weighted by Gasteiger charge is -2.35. The van der Waals surface area contributed by atoms with Crippen LogP contribution in [-0.4, -0.2) is 60.5 Å². The number of carbonyl (C=O) groups excluding carboxylic acids is 2. The number of amides is 2. The van der Waals surface area contributed by atoms with Crippen LogP contribution in [0.25, 0.3) is 0 Å². The Morgan fingerprint density at radius 2 is 1.79 bits per heavy atom. The molecule has 0 saturated carbocycles. The van der Waals surface area contributed by atoms with E-state index in [9.17, 15) is 9.59 Å². The monoisotopic (exact) mass is 331 g/mol. The molecule has 2 aliphatic heterocycles. The predicted octanol–water partition coefficient (Wildman–Crippen LogP) is 0.999. The van der Waals surface area contributed by atoms with Gasteiger partial charge in [-0.2, -0.15) is 0 Å². The van der Waals surface area contributed by atoms with Crippen LogP contribution in [0.5, 0.6) is 0 Å². The molecule has 3 rings (SSSR count). The van der Waals surface area contributed by atoms with E-state index in [4.69, 9.17) is 10.5 Å². The number of nitrogens with two attached hydrogens (primary N) is 1. The average molecular weight is 331 g/mol. The van der Waals surface area contributed by atoms with E-state index in [2.05, 4.69) is 4.90 Å². The molecule has 6 heteroatoms. The van der Waals surface area contributed by atoms with Crippen molar-refractivity contribution in [3.05, 3.63) is 35.4 Å². The van der Waals surface area contributed by atoms with Crippen LogP contribution in [0.3, 0.4) is 0 Å². The van der Waals surface area contributed by atoms with Gasteiger partial charge in [0.15, 0.2) is 0 Å². The molecule has 2 aliphatic rings. The molecule has 0 bridgehead atoms. The number of carbonyl (C=O) groups is 2. The highest BCUT2D eigenvalue weighted by atomic mass is 16.5. The van der Waals surface area contributed by atoms with Crippen molar-refractivity contribution in [2.75, 3.05) is 32.8 Å². The Kier molecular flexibility index (Phi) is 5.48. The van der Waals surface area contributed by atoms with E-state index in [1.807, 2.05) is 17.0 Å². The summed E-state index contributed by atoms with van der Waals surface area (Å²) < 4.78 is 5.37. The van der Waals surface area contributed by atoms with Gasteiger partial charge in [0, 0.05) is 51.3 Å². The molecule has 0 radical (unpaired) electrons. The normalized spacial score (nSPS) is 21.3. The van der Waals surface area contributed by atoms with Crippen molar-refractivity contribution in [2.24, 2.45) is 5.73 Å². The number of benzene rings is 1. The third kappa shape index (κ3) is 4.33. The van der Waals surface area contributed by atoms with Crippen molar-refractivity contribution in [3.63, 3.8) is 0 Å². The number of primary amides is 1. The Morgan fingerprint density at radius 3 is 2.33 bits per heavy atom. The first-order chi connectivity index (χ1) is 11.6. The molecule has 2 saturated heterocycles. The van der Waals surface area contributed by atoms with Crippen LogP contribution in [0.4, 0.5) is 0 Å². The highest BCUT2D eigenvalue weighted by Crippen LogP contribution is 2.18. The van der Waals surface area contributed by atoms with Gasteiger partial charge in [0.25, 0.3) is 0 Å². The van der Waals surface area contributed by atoms with Crippen molar-refractivity contribution in [1.82, 2.24) is 9.80 Å². The first-order valence-electron chi connectivity index (χ1n) is 8.62. The Hall–Kier alpha value is -1.92. The van der Waals surface area contributed by atoms with Gasteiger partial charge in [-0.25, -0.2) is 0 Å². The van der Waals surface area contributed by atoms with E-state index in [0.717, 1.165) is 57.7 Å². The Morgan fingerprint density at radius 1 is 1.12 bits per heavy atom. The molecular formula is C18H25N3O3.